The maximum Gasteiger partial charge on any atom is 0.322 e. The molecular formula is C30H29FN4O2. The lowest BCUT2D eigenvalue weighted by molar-refractivity contribution is -0.119. The van der Waals surface area contributed by atoms with Crippen LogP contribution in [0.25, 0.3) is 5.69 Å². The van der Waals surface area contributed by atoms with Gasteiger partial charge in [0.2, 0.25) is 5.91 Å². The number of amides is 3. The summed E-state index contributed by atoms with van der Waals surface area (Å²) < 4.78 is 16.3. The van der Waals surface area contributed by atoms with Crippen molar-refractivity contribution in [1.29, 1.82) is 0 Å². The third-order valence-electron chi connectivity index (χ3n) is 6.61. The summed E-state index contributed by atoms with van der Waals surface area (Å²) in [6.45, 7) is 2.26. The number of anilines is 2. The average molecular weight is 497 g/mol. The molecule has 1 aromatic heterocycles. The fourth-order valence-corrected chi connectivity index (χ4v) is 4.81. The number of fused-ring (bicyclic) bond motifs is 3. The minimum Gasteiger partial charge on any atom is -0.316 e. The van der Waals surface area contributed by atoms with Crippen LogP contribution >= 0.6 is 0 Å². The van der Waals surface area contributed by atoms with Crippen LogP contribution in [-0.4, -0.2) is 34.5 Å². The molecule has 1 unspecified atom stereocenters. The smallest absolute Gasteiger partial charge is 0.316 e. The van der Waals surface area contributed by atoms with Gasteiger partial charge in [0.15, 0.2) is 0 Å². The summed E-state index contributed by atoms with van der Waals surface area (Å²) in [5, 5.41) is 2.64. The Morgan fingerprint density at radius 1 is 0.892 bits per heavy atom. The fourth-order valence-electron chi connectivity index (χ4n) is 4.81. The quantitative estimate of drug-likeness (QED) is 0.322. The highest BCUT2D eigenvalue weighted by Crippen LogP contribution is 2.42. The molecule has 1 N–H and O–H groups in total. The molecule has 188 valence electrons. The van der Waals surface area contributed by atoms with Crippen LogP contribution in [0, 0.1) is 5.82 Å². The topological polar surface area (TPSA) is 57.6 Å². The molecule has 0 radical (unpaired) electrons. The molecule has 3 amide bonds. The lowest BCUT2D eigenvalue weighted by Crippen LogP contribution is -2.48. The molecule has 4 aromatic rings. The SMILES string of the molecule is CCCCN(CC(=O)N1c2ccccc2-n2cccc2C1c1ccccc1)C(=O)Nc1ccccc1F. The third-order valence-corrected chi connectivity index (χ3v) is 6.61. The first-order chi connectivity index (χ1) is 18.1. The molecule has 0 bridgehead atoms. The number of hydrogen-bond acceptors (Lipinski definition) is 2. The van der Waals surface area contributed by atoms with Gasteiger partial charge in [-0.15, -0.1) is 0 Å². The van der Waals surface area contributed by atoms with E-state index in [1.165, 1.54) is 17.0 Å². The average Bonchev–Trinajstić information content (AvgIpc) is 3.42. The molecule has 0 saturated carbocycles. The first kappa shape index (κ1) is 24.3. The molecule has 5 rings (SSSR count). The lowest BCUT2D eigenvalue weighted by Gasteiger charge is -2.39. The van der Waals surface area contributed by atoms with Gasteiger partial charge in [-0.25, -0.2) is 9.18 Å². The van der Waals surface area contributed by atoms with E-state index in [1.807, 2.05) is 79.9 Å². The molecule has 2 heterocycles. The standard InChI is InChI=1S/C30H29FN4O2/c1-2-3-19-33(30(37)32-24-15-8-7-14-23(24)31)21-28(36)35-26-17-10-9-16-25(26)34-20-11-18-27(34)29(35)22-12-5-4-6-13-22/h4-18,20,29H,2-3,19,21H2,1H3,(H,32,37). The summed E-state index contributed by atoms with van der Waals surface area (Å²) >= 11 is 0. The Morgan fingerprint density at radius 2 is 1.59 bits per heavy atom. The molecule has 3 aromatic carbocycles. The Morgan fingerprint density at radius 3 is 2.35 bits per heavy atom. The van der Waals surface area contributed by atoms with Crippen molar-refractivity contribution in [2.45, 2.75) is 25.8 Å². The molecule has 1 aliphatic rings. The van der Waals surface area contributed by atoms with Gasteiger partial charge in [-0.3, -0.25) is 9.69 Å². The number of para-hydroxylation sites is 3. The van der Waals surface area contributed by atoms with E-state index in [9.17, 15) is 14.0 Å². The van der Waals surface area contributed by atoms with E-state index in [4.69, 9.17) is 0 Å². The third kappa shape index (κ3) is 4.85. The van der Waals surface area contributed by atoms with E-state index in [1.54, 1.807) is 17.0 Å². The molecule has 1 aliphatic heterocycles. The summed E-state index contributed by atoms with van der Waals surface area (Å²) in [6, 6.07) is 26.8. The minimum atomic E-state index is -0.521. The Kier molecular flexibility index (Phi) is 7.03. The van der Waals surface area contributed by atoms with Crippen LogP contribution in [-0.2, 0) is 4.79 Å². The number of urea groups is 1. The molecule has 0 saturated heterocycles. The monoisotopic (exact) mass is 496 g/mol. The summed E-state index contributed by atoms with van der Waals surface area (Å²) in [5.41, 5.74) is 3.70. The van der Waals surface area contributed by atoms with Crippen LogP contribution in [0.3, 0.4) is 0 Å². The van der Waals surface area contributed by atoms with E-state index in [0.717, 1.165) is 35.5 Å². The molecule has 0 aliphatic carbocycles. The van der Waals surface area contributed by atoms with E-state index < -0.39 is 11.8 Å². The maximum atomic E-state index is 14.2. The van der Waals surface area contributed by atoms with Crippen molar-refractivity contribution in [2.75, 3.05) is 23.3 Å². The number of aromatic nitrogens is 1. The number of rotatable bonds is 7. The van der Waals surface area contributed by atoms with Gasteiger partial charge >= 0.3 is 6.03 Å². The molecule has 1 atom stereocenters. The molecule has 0 spiro atoms. The zero-order valence-electron chi connectivity index (χ0n) is 20.7. The van der Waals surface area contributed by atoms with Crippen molar-refractivity contribution in [3.05, 3.63) is 114 Å². The molecule has 7 heteroatoms. The Labute approximate surface area is 215 Å². The zero-order chi connectivity index (χ0) is 25.8. The molecule has 0 fully saturated rings. The highest BCUT2D eigenvalue weighted by molar-refractivity contribution is 6.01. The van der Waals surface area contributed by atoms with E-state index >= 15 is 0 Å². The van der Waals surface area contributed by atoms with Gasteiger partial charge < -0.3 is 14.8 Å². The number of nitrogens with one attached hydrogen (secondary N) is 1. The Bertz CT molecular complexity index is 1400. The second kappa shape index (κ2) is 10.7. The van der Waals surface area contributed by atoms with Crippen LogP contribution < -0.4 is 10.2 Å². The lowest BCUT2D eigenvalue weighted by atomic mass is 9.97. The molecular weight excluding hydrogens is 467 g/mol. The van der Waals surface area contributed by atoms with Gasteiger partial charge in [0.05, 0.1) is 22.8 Å². The number of halogens is 1. The second-order valence-corrected chi connectivity index (χ2v) is 9.05. The van der Waals surface area contributed by atoms with Crippen molar-refractivity contribution >= 4 is 23.3 Å². The van der Waals surface area contributed by atoms with Gasteiger partial charge in [0.25, 0.3) is 0 Å². The first-order valence-corrected chi connectivity index (χ1v) is 12.5. The summed E-state index contributed by atoms with van der Waals surface area (Å²) in [7, 11) is 0. The number of benzene rings is 3. The van der Waals surface area contributed by atoms with E-state index in [0.29, 0.717) is 6.54 Å². The fraction of sp³-hybridized carbons (Fsp3) is 0.200. The highest BCUT2D eigenvalue weighted by Gasteiger charge is 2.36. The number of hydrogen-bond donors (Lipinski definition) is 1. The van der Waals surface area contributed by atoms with Gasteiger partial charge in [0.1, 0.15) is 18.4 Å². The van der Waals surface area contributed by atoms with Gasteiger partial charge in [-0.05, 0) is 48.4 Å². The predicted molar refractivity (Wildman–Crippen MR) is 143 cm³/mol. The van der Waals surface area contributed by atoms with Crippen LogP contribution in [0.2, 0.25) is 0 Å². The summed E-state index contributed by atoms with van der Waals surface area (Å²) in [5.74, 6) is -0.735. The summed E-state index contributed by atoms with van der Waals surface area (Å²) in [4.78, 5) is 30.6. The van der Waals surface area contributed by atoms with Crippen molar-refractivity contribution < 1.29 is 14.0 Å². The minimum absolute atomic E-state index is 0.0877. The summed E-state index contributed by atoms with van der Waals surface area (Å²) in [6.07, 6.45) is 3.57. The normalized spacial score (nSPS) is 14.0. The predicted octanol–water partition coefficient (Wildman–Crippen LogP) is 6.39. The van der Waals surface area contributed by atoms with Crippen molar-refractivity contribution in [3.8, 4) is 5.69 Å². The number of unbranched alkanes of at least 4 members (excludes halogenated alkanes) is 1. The van der Waals surface area contributed by atoms with E-state index in [2.05, 4.69) is 9.88 Å². The van der Waals surface area contributed by atoms with Crippen molar-refractivity contribution in [1.82, 2.24) is 9.47 Å². The second-order valence-electron chi connectivity index (χ2n) is 9.05. The maximum absolute atomic E-state index is 14.2. The Balaban J connectivity index is 1.50. The van der Waals surface area contributed by atoms with Crippen LogP contribution in [0.4, 0.5) is 20.6 Å². The number of carbonyl (C=O) groups is 2. The number of carbonyl (C=O) groups excluding carboxylic acids is 2. The van der Waals surface area contributed by atoms with E-state index in [-0.39, 0.29) is 24.2 Å². The Hall–Kier alpha value is -4.39. The molecule has 37 heavy (non-hydrogen) atoms. The van der Waals surface area contributed by atoms with Crippen LogP contribution in [0.15, 0.2) is 97.2 Å². The van der Waals surface area contributed by atoms with Crippen LogP contribution in [0.1, 0.15) is 37.1 Å². The first-order valence-electron chi connectivity index (χ1n) is 12.5. The molecule has 6 nitrogen and oxygen atoms in total. The van der Waals surface area contributed by atoms with Gasteiger partial charge in [0, 0.05) is 12.7 Å². The number of nitrogens with zero attached hydrogens (tertiary/aromatic N) is 3. The van der Waals surface area contributed by atoms with Gasteiger partial charge in [-0.2, -0.15) is 0 Å². The van der Waals surface area contributed by atoms with Crippen molar-refractivity contribution in [2.24, 2.45) is 0 Å². The zero-order valence-corrected chi connectivity index (χ0v) is 20.7. The van der Waals surface area contributed by atoms with Crippen molar-refractivity contribution in [3.63, 3.8) is 0 Å². The largest absolute Gasteiger partial charge is 0.322 e. The highest BCUT2D eigenvalue weighted by atomic mass is 19.1. The van der Waals surface area contributed by atoms with Crippen LogP contribution in [0.5, 0.6) is 0 Å². The van der Waals surface area contributed by atoms with Gasteiger partial charge in [-0.1, -0.05) is 67.9 Å².